The Labute approximate surface area is 242 Å². The number of unbranched alkanes of at least 4 members (excludes halogenated alkanes) is 18. The van der Waals surface area contributed by atoms with Gasteiger partial charge in [0.05, 0.1) is 39.6 Å². The predicted octanol–water partition coefficient (Wildman–Crippen LogP) is 8.02. The van der Waals surface area contributed by atoms with E-state index >= 15 is 0 Å². The number of aliphatic hydroxyl groups is 1. The van der Waals surface area contributed by atoms with Crippen LogP contribution in [0.4, 0.5) is 0 Å². The highest BCUT2D eigenvalue weighted by Crippen LogP contribution is 2.20. The van der Waals surface area contributed by atoms with Gasteiger partial charge in [0.1, 0.15) is 18.3 Å². The molecule has 0 radical (unpaired) electrons. The summed E-state index contributed by atoms with van der Waals surface area (Å²) in [6, 6.07) is 0. The first-order valence-electron chi connectivity index (χ1n) is 16.9. The number of hydrogen-bond donors (Lipinski definition) is 1. The van der Waals surface area contributed by atoms with E-state index in [-0.39, 0.29) is 24.9 Å². The second-order valence-electron chi connectivity index (χ2n) is 11.4. The summed E-state index contributed by atoms with van der Waals surface area (Å²) in [4.78, 5) is 0. The fraction of sp³-hybridized carbons (Fsp3) is 1.00. The minimum atomic E-state index is -0.329. The first-order chi connectivity index (χ1) is 19.3. The first-order valence-corrected chi connectivity index (χ1v) is 16.9. The van der Waals surface area contributed by atoms with E-state index in [1.807, 2.05) is 0 Å². The van der Waals surface area contributed by atoms with Gasteiger partial charge in [-0.15, -0.1) is 0 Å². The second-order valence-corrected chi connectivity index (χ2v) is 11.4. The fourth-order valence-corrected chi connectivity index (χ4v) is 5.25. The molecule has 6 nitrogen and oxygen atoms in total. The molecule has 234 valence electrons. The molecule has 1 aliphatic rings. The van der Waals surface area contributed by atoms with Gasteiger partial charge >= 0.3 is 0 Å². The zero-order chi connectivity index (χ0) is 28.1. The van der Waals surface area contributed by atoms with E-state index < -0.39 is 0 Å². The lowest BCUT2D eigenvalue weighted by Gasteiger charge is -2.22. The Morgan fingerprint density at radius 1 is 0.513 bits per heavy atom. The fourth-order valence-electron chi connectivity index (χ4n) is 5.25. The van der Waals surface area contributed by atoms with Crippen LogP contribution in [0.15, 0.2) is 0 Å². The maximum Gasteiger partial charge on any atom is 0.114 e. The Balaban J connectivity index is 1.93. The van der Waals surface area contributed by atoms with Gasteiger partial charge in [-0.3, -0.25) is 0 Å². The predicted molar refractivity (Wildman–Crippen MR) is 162 cm³/mol. The average Bonchev–Trinajstić information content (AvgIpc) is 3.34. The molecule has 1 rings (SSSR count). The standard InChI is InChI=1S/C33H66O6/c1-3-5-7-9-11-13-15-17-19-21-23-35-25-27-37-32-30-39-31(29-34)33(32)38-28-26-36-24-22-20-18-16-14-12-10-8-6-4-2/h31-34H,3-30H2,1-2H3/t31-,32?,33+/m1/s1. The van der Waals surface area contributed by atoms with Crippen molar-refractivity contribution in [2.24, 2.45) is 0 Å². The largest absolute Gasteiger partial charge is 0.394 e. The van der Waals surface area contributed by atoms with Gasteiger partial charge in [-0.1, -0.05) is 129 Å². The van der Waals surface area contributed by atoms with Crippen LogP contribution in [-0.2, 0) is 23.7 Å². The van der Waals surface area contributed by atoms with Crippen LogP contribution in [0.25, 0.3) is 0 Å². The van der Waals surface area contributed by atoms with Crippen molar-refractivity contribution in [1.82, 2.24) is 0 Å². The van der Waals surface area contributed by atoms with Crippen molar-refractivity contribution in [2.75, 3.05) is 52.9 Å². The van der Waals surface area contributed by atoms with E-state index in [0.29, 0.717) is 33.0 Å². The molecule has 0 saturated carbocycles. The van der Waals surface area contributed by atoms with Crippen molar-refractivity contribution in [3.05, 3.63) is 0 Å². The molecule has 0 bridgehead atoms. The monoisotopic (exact) mass is 558 g/mol. The van der Waals surface area contributed by atoms with Crippen LogP contribution >= 0.6 is 0 Å². The van der Waals surface area contributed by atoms with Crippen molar-refractivity contribution >= 4 is 0 Å². The lowest BCUT2D eigenvalue weighted by molar-refractivity contribution is -0.0893. The van der Waals surface area contributed by atoms with Gasteiger partial charge in [-0.25, -0.2) is 0 Å². The van der Waals surface area contributed by atoms with Gasteiger partial charge in [-0.05, 0) is 12.8 Å². The van der Waals surface area contributed by atoms with Gasteiger partial charge < -0.3 is 28.8 Å². The van der Waals surface area contributed by atoms with E-state index in [4.69, 9.17) is 23.7 Å². The highest BCUT2D eigenvalue weighted by Gasteiger charge is 2.38. The molecule has 0 aromatic rings. The quantitative estimate of drug-likeness (QED) is 0.0869. The molecule has 0 spiro atoms. The van der Waals surface area contributed by atoms with E-state index in [9.17, 15) is 5.11 Å². The summed E-state index contributed by atoms with van der Waals surface area (Å²) in [5.74, 6) is 0. The van der Waals surface area contributed by atoms with E-state index in [2.05, 4.69) is 13.8 Å². The van der Waals surface area contributed by atoms with Crippen LogP contribution < -0.4 is 0 Å². The number of rotatable bonds is 31. The zero-order valence-corrected chi connectivity index (χ0v) is 26.0. The molecule has 1 fully saturated rings. The summed E-state index contributed by atoms with van der Waals surface area (Å²) in [5.41, 5.74) is 0. The highest BCUT2D eigenvalue weighted by molar-refractivity contribution is 4.85. The van der Waals surface area contributed by atoms with Crippen molar-refractivity contribution in [1.29, 1.82) is 0 Å². The van der Waals surface area contributed by atoms with Gasteiger partial charge in [0, 0.05) is 13.2 Å². The summed E-state index contributed by atoms with van der Waals surface area (Å²) in [6.45, 7) is 8.72. The van der Waals surface area contributed by atoms with Crippen molar-refractivity contribution in [2.45, 2.75) is 161 Å². The van der Waals surface area contributed by atoms with Crippen molar-refractivity contribution in [3.63, 3.8) is 0 Å². The summed E-state index contributed by atoms with van der Waals surface area (Å²) in [5, 5.41) is 9.65. The zero-order valence-electron chi connectivity index (χ0n) is 26.0. The third kappa shape index (κ3) is 22.1. The van der Waals surface area contributed by atoms with Crippen LogP contribution in [0, 0.1) is 0 Å². The van der Waals surface area contributed by atoms with Crippen molar-refractivity contribution in [3.8, 4) is 0 Å². The Bertz CT molecular complexity index is 477. The molecule has 1 N–H and O–H groups in total. The molecule has 0 aliphatic carbocycles. The summed E-state index contributed by atoms with van der Waals surface area (Å²) in [7, 11) is 0. The van der Waals surface area contributed by atoms with Gasteiger partial charge in [-0.2, -0.15) is 0 Å². The van der Waals surface area contributed by atoms with Crippen LogP contribution in [0.2, 0.25) is 0 Å². The summed E-state index contributed by atoms with van der Waals surface area (Å²) in [6.07, 6.45) is 25.9. The molecular weight excluding hydrogens is 492 g/mol. The van der Waals surface area contributed by atoms with Gasteiger partial charge in [0.2, 0.25) is 0 Å². The molecule has 6 heteroatoms. The molecule has 1 aliphatic heterocycles. The third-order valence-corrected chi connectivity index (χ3v) is 7.77. The minimum absolute atomic E-state index is 0.0563. The van der Waals surface area contributed by atoms with Gasteiger partial charge in [0.25, 0.3) is 0 Å². The minimum Gasteiger partial charge on any atom is -0.394 e. The summed E-state index contributed by atoms with van der Waals surface area (Å²) >= 11 is 0. The Hall–Kier alpha value is -0.240. The molecule has 39 heavy (non-hydrogen) atoms. The highest BCUT2D eigenvalue weighted by atomic mass is 16.6. The number of aliphatic hydroxyl groups excluding tert-OH is 1. The van der Waals surface area contributed by atoms with Crippen LogP contribution in [0.1, 0.15) is 142 Å². The Morgan fingerprint density at radius 2 is 0.923 bits per heavy atom. The molecule has 0 amide bonds. The number of hydrogen-bond acceptors (Lipinski definition) is 6. The molecule has 1 saturated heterocycles. The third-order valence-electron chi connectivity index (χ3n) is 7.77. The molecule has 1 heterocycles. The lowest BCUT2D eigenvalue weighted by Crippen LogP contribution is -2.38. The topological polar surface area (TPSA) is 66.4 Å². The molecule has 3 atom stereocenters. The Kier molecular flexibility index (Phi) is 27.6. The van der Waals surface area contributed by atoms with Crippen LogP contribution in [-0.4, -0.2) is 76.3 Å². The Morgan fingerprint density at radius 3 is 1.36 bits per heavy atom. The summed E-state index contributed by atoms with van der Waals surface area (Å²) < 4.78 is 29.2. The van der Waals surface area contributed by atoms with E-state index in [1.165, 1.54) is 116 Å². The molecule has 0 aromatic carbocycles. The molecule has 1 unspecified atom stereocenters. The molecule has 0 aromatic heterocycles. The van der Waals surface area contributed by atoms with E-state index in [1.54, 1.807) is 0 Å². The lowest BCUT2D eigenvalue weighted by atomic mass is 10.1. The van der Waals surface area contributed by atoms with Gasteiger partial charge in [0.15, 0.2) is 0 Å². The van der Waals surface area contributed by atoms with Crippen LogP contribution in [0.5, 0.6) is 0 Å². The SMILES string of the molecule is CCCCCCCCCCCCOCCOC1CO[C@H](CO)[C@@H]1OCCOCCCCCCCCCCCC. The number of ether oxygens (including phenoxy) is 5. The van der Waals surface area contributed by atoms with E-state index in [0.717, 1.165) is 26.1 Å². The smallest absolute Gasteiger partial charge is 0.114 e. The average molecular weight is 559 g/mol. The van der Waals surface area contributed by atoms with Crippen LogP contribution in [0.3, 0.4) is 0 Å². The molecular formula is C33H66O6. The second kappa shape index (κ2) is 29.3. The maximum atomic E-state index is 9.65. The maximum absolute atomic E-state index is 9.65. The first kappa shape index (κ1) is 36.8. The normalized spacial score (nSPS) is 19.3. The van der Waals surface area contributed by atoms with Crippen molar-refractivity contribution < 1.29 is 28.8 Å².